The zero-order valence-electron chi connectivity index (χ0n) is 25.6. The maximum absolute atomic E-state index is 12.4. The van der Waals surface area contributed by atoms with Gasteiger partial charge in [-0.1, -0.05) is 103 Å². The fourth-order valence-electron chi connectivity index (χ4n) is 5.54. The van der Waals surface area contributed by atoms with E-state index in [-0.39, 0.29) is 18.1 Å². The molecule has 0 radical (unpaired) electrons. The van der Waals surface area contributed by atoms with Crippen LogP contribution in [0.5, 0.6) is 0 Å². The van der Waals surface area contributed by atoms with E-state index in [0.717, 1.165) is 51.6 Å². The Bertz CT molecular complexity index is 739. The highest BCUT2D eigenvalue weighted by Gasteiger charge is 2.22. The monoisotopic (exact) mass is 587 g/mol. The highest BCUT2D eigenvalue weighted by Crippen LogP contribution is 2.21. The Labute approximate surface area is 245 Å². The van der Waals surface area contributed by atoms with Gasteiger partial charge in [0.2, 0.25) is 21.8 Å². The van der Waals surface area contributed by atoms with Crippen molar-refractivity contribution >= 4 is 21.8 Å². The van der Waals surface area contributed by atoms with Gasteiger partial charge in [-0.25, -0.2) is 14.3 Å². The summed E-state index contributed by atoms with van der Waals surface area (Å²) in [5, 5.41) is 0. The number of piperidine rings is 1. The molecule has 2 amide bonds. The smallest absolute Gasteiger partial charge is 0.234 e. The average molecular weight is 588 g/mol. The third kappa shape index (κ3) is 20.7. The van der Waals surface area contributed by atoms with Gasteiger partial charge < -0.3 is 9.74 Å². The van der Waals surface area contributed by atoms with E-state index in [1.54, 1.807) is 0 Å². The lowest BCUT2D eigenvalue weighted by Crippen LogP contribution is -2.38. The topological polar surface area (TPSA) is 119 Å². The molecule has 8 nitrogen and oxygen atoms in total. The Balaban J connectivity index is 1.94. The SMILES string of the molecule is CCCCCCCCCCCCCCCCCC(=O)NS(=O)(=O)CCCCCC(=O)N1CCC(CCON)CC1. The van der Waals surface area contributed by atoms with Crippen LogP contribution in [0.15, 0.2) is 0 Å². The van der Waals surface area contributed by atoms with Crippen molar-refractivity contribution in [3.8, 4) is 0 Å². The van der Waals surface area contributed by atoms with Crippen molar-refractivity contribution < 1.29 is 22.8 Å². The minimum atomic E-state index is -3.60. The Morgan fingerprint density at radius 2 is 1.23 bits per heavy atom. The summed E-state index contributed by atoms with van der Waals surface area (Å²) in [5.74, 6) is 5.33. The molecule has 0 aromatic rings. The molecule has 1 aliphatic heterocycles. The molecule has 0 aromatic heterocycles. The van der Waals surface area contributed by atoms with Gasteiger partial charge in [-0.3, -0.25) is 14.3 Å². The van der Waals surface area contributed by atoms with Crippen LogP contribution in [-0.4, -0.2) is 50.6 Å². The predicted molar refractivity (Wildman–Crippen MR) is 164 cm³/mol. The number of carbonyl (C=O) groups excluding carboxylic acids is 2. The zero-order chi connectivity index (χ0) is 29.3. The molecular formula is C31H61N3O5S. The summed E-state index contributed by atoms with van der Waals surface area (Å²) in [6.07, 6.45) is 24.3. The van der Waals surface area contributed by atoms with Crippen molar-refractivity contribution in [2.45, 2.75) is 155 Å². The molecule has 1 saturated heterocycles. The van der Waals surface area contributed by atoms with Crippen LogP contribution in [0, 0.1) is 5.92 Å². The van der Waals surface area contributed by atoms with Crippen molar-refractivity contribution in [1.29, 1.82) is 0 Å². The Morgan fingerprint density at radius 3 is 1.75 bits per heavy atom. The Morgan fingerprint density at radius 1 is 0.750 bits per heavy atom. The van der Waals surface area contributed by atoms with Crippen LogP contribution in [0.2, 0.25) is 0 Å². The van der Waals surface area contributed by atoms with E-state index in [9.17, 15) is 18.0 Å². The predicted octanol–water partition coefficient (Wildman–Crippen LogP) is 6.77. The van der Waals surface area contributed by atoms with Crippen LogP contribution in [-0.2, 0) is 24.4 Å². The number of nitrogens with two attached hydrogens (primary N) is 1. The molecule has 236 valence electrons. The van der Waals surface area contributed by atoms with Gasteiger partial charge in [-0.15, -0.1) is 0 Å². The Kier molecular flexibility index (Phi) is 22.5. The number of likely N-dealkylation sites (tertiary alicyclic amines) is 1. The van der Waals surface area contributed by atoms with Gasteiger partial charge in [0.25, 0.3) is 0 Å². The van der Waals surface area contributed by atoms with Crippen LogP contribution in [0.3, 0.4) is 0 Å². The second kappa shape index (κ2) is 24.4. The van der Waals surface area contributed by atoms with Crippen molar-refractivity contribution in [3.05, 3.63) is 0 Å². The molecule has 1 aliphatic rings. The molecule has 1 heterocycles. The molecule has 0 aliphatic carbocycles. The average Bonchev–Trinajstić information content (AvgIpc) is 2.93. The van der Waals surface area contributed by atoms with Gasteiger partial charge >= 0.3 is 0 Å². The highest BCUT2D eigenvalue weighted by molar-refractivity contribution is 7.90. The summed E-state index contributed by atoms with van der Waals surface area (Å²) in [6.45, 7) is 4.36. The van der Waals surface area contributed by atoms with E-state index in [2.05, 4.69) is 16.5 Å². The maximum Gasteiger partial charge on any atom is 0.234 e. The first-order valence-electron chi connectivity index (χ1n) is 16.5. The van der Waals surface area contributed by atoms with Gasteiger partial charge in [0.1, 0.15) is 0 Å². The number of rotatable bonds is 26. The molecule has 0 spiro atoms. The summed E-state index contributed by atoms with van der Waals surface area (Å²) in [6, 6.07) is 0. The second-order valence-corrected chi connectivity index (χ2v) is 13.7. The molecule has 0 aromatic carbocycles. The van der Waals surface area contributed by atoms with Gasteiger partial charge in [-0.2, -0.15) is 0 Å². The van der Waals surface area contributed by atoms with Crippen LogP contribution in [0.1, 0.15) is 155 Å². The van der Waals surface area contributed by atoms with Gasteiger partial charge in [0.05, 0.1) is 12.4 Å². The quantitative estimate of drug-likeness (QED) is 0.0851. The van der Waals surface area contributed by atoms with Crippen molar-refractivity contribution in [2.75, 3.05) is 25.4 Å². The van der Waals surface area contributed by atoms with Crippen LogP contribution < -0.4 is 10.6 Å². The fourth-order valence-corrected chi connectivity index (χ4v) is 6.68. The molecule has 0 unspecified atom stereocenters. The fraction of sp³-hybridized carbons (Fsp3) is 0.935. The van der Waals surface area contributed by atoms with Crippen LogP contribution in [0.25, 0.3) is 0 Å². The number of amides is 2. The molecular weight excluding hydrogens is 526 g/mol. The number of unbranched alkanes of at least 4 members (excludes halogenated alkanes) is 16. The summed E-state index contributed by atoms with van der Waals surface area (Å²) < 4.78 is 26.7. The first kappa shape index (κ1) is 36.8. The van der Waals surface area contributed by atoms with E-state index < -0.39 is 15.9 Å². The third-order valence-corrected chi connectivity index (χ3v) is 9.56. The van der Waals surface area contributed by atoms with E-state index in [1.807, 2.05) is 4.90 Å². The van der Waals surface area contributed by atoms with E-state index in [0.29, 0.717) is 38.2 Å². The molecule has 0 saturated carbocycles. The summed E-state index contributed by atoms with van der Waals surface area (Å²) in [7, 11) is -3.60. The normalized spacial score (nSPS) is 14.5. The molecule has 0 atom stereocenters. The highest BCUT2D eigenvalue weighted by atomic mass is 32.2. The van der Waals surface area contributed by atoms with E-state index in [1.165, 1.54) is 77.0 Å². The second-order valence-electron chi connectivity index (χ2n) is 11.8. The number of nitrogens with one attached hydrogen (secondary N) is 1. The molecule has 0 bridgehead atoms. The summed E-state index contributed by atoms with van der Waals surface area (Å²) in [4.78, 5) is 31.0. The number of sulfonamides is 1. The van der Waals surface area contributed by atoms with Crippen LogP contribution in [0.4, 0.5) is 0 Å². The van der Waals surface area contributed by atoms with E-state index >= 15 is 0 Å². The van der Waals surface area contributed by atoms with E-state index in [4.69, 9.17) is 5.90 Å². The molecule has 1 rings (SSSR count). The summed E-state index contributed by atoms with van der Waals surface area (Å²) >= 11 is 0. The number of nitrogens with zero attached hydrogens (tertiary/aromatic N) is 1. The molecule has 3 N–H and O–H groups in total. The lowest BCUT2D eigenvalue weighted by molar-refractivity contribution is -0.132. The zero-order valence-corrected chi connectivity index (χ0v) is 26.5. The van der Waals surface area contributed by atoms with Gasteiger partial charge in [-0.05, 0) is 44.4 Å². The van der Waals surface area contributed by atoms with Crippen molar-refractivity contribution in [1.82, 2.24) is 9.62 Å². The maximum atomic E-state index is 12.4. The third-order valence-electron chi connectivity index (χ3n) is 8.19. The van der Waals surface area contributed by atoms with Crippen LogP contribution >= 0.6 is 0 Å². The largest absolute Gasteiger partial charge is 0.343 e. The van der Waals surface area contributed by atoms with Crippen molar-refractivity contribution in [2.24, 2.45) is 11.8 Å². The molecule has 9 heteroatoms. The minimum absolute atomic E-state index is 0.0691. The molecule has 1 fully saturated rings. The minimum Gasteiger partial charge on any atom is -0.343 e. The Hall–Kier alpha value is -1.19. The van der Waals surface area contributed by atoms with Gasteiger partial charge in [0, 0.05) is 25.9 Å². The first-order valence-corrected chi connectivity index (χ1v) is 18.2. The van der Waals surface area contributed by atoms with Crippen molar-refractivity contribution in [3.63, 3.8) is 0 Å². The molecule has 40 heavy (non-hydrogen) atoms. The lowest BCUT2D eigenvalue weighted by atomic mass is 9.93. The number of carbonyl (C=O) groups is 2. The lowest BCUT2D eigenvalue weighted by Gasteiger charge is -2.32. The number of hydrogen-bond acceptors (Lipinski definition) is 6. The summed E-state index contributed by atoms with van der Waals surface area (Å²) in [5.41, 5.74) is 0. The standard InChI is InChI=1S/C31H61N3O5S/c1-2-3-4-5-6-7-8-9-10-11-12-13-14-15-17-20-30(35)33-40(37,38)28-19-16-18-21-31(36)34-25-22-29(23-26-34)24-27-39-32/h29H,2-28,32H2,1H3,(H,33,35). The van der Waals surface area contributed by atoms with Gasteiger partial charge in [0.15, 0.2) is 0 Å². The first-order chi connectivity index (χ1) is 19.4. The number of hydrogen-bond donors (Lipinski definition) is 2.